The van der Waals surface area contributed by atoms with Crippen molar-refractivity contribution in [1.29, 1.82) is 0 Å². The molecule has 1 aromatic carbocycles. The van der Waals surface area contributed by atoms with E-state index in [1.165, 1.54) is 24.3 Å². The van der Waals surface area contributed by atoms with E-state index in [1.807, 2.05) is 0 Å². The summed E-state index contributed by atoms with van der Waals surface area (Å²) in [6, 6.07) is 5.64. The average Bonchev–Trinajstić information content (AvgIpc) is 2.95. The number of rotatable bonds is 17. The molecular weight excluding hydrogens is 516 g/mol. The van der Waals surface area contributed by atoms with Gasteiger partial charge in [0.2, 0.25) is 0 Å². The van der Waals surface area contributed by atoms with Gasteiger partial charge in [0.05, 0.1) is 23.3 Å². The zero-order valence-corrected chi connectivity index (χ0v) is 21.3. The molecule has 214 valence electrons. The number of ketones is 2. The second-order valence-electron chi connectivity index (χ2n) is 7.99. The van der Waals surface area contributed by atoms with Gasteiger partial charge in [-0.2, -0.15) is 0 Å². The maximum Gasteiger partial charge on any atom is 0.339 e. The maximum atomic E-state index is 12.4. The van der Waals surface area contributed by atoms with Crippen LogP contribution in [0.2, 0.25) is 0 Å². The van der Waals surface area contributed by atoms with Gasteiger partial charge in [-0.3, -0.25) is 9.59 Å². The minimum absolute atomic E-state index is 0.0112. The van der Waals surface area contributed by atoms with E-state index in [1.54, 1.807) is 0 Å². The summed E-state index contributed by atoms with van der Waals surface area (Å²) < 4.78 is 10.0. The number of hydrogen-bond acceptors (Lipinski definition) is 11. The molecule has 1 aromatic rings. The third-order valence-electron chi connectivity index (χ3n) is 4.96. The lowest BCUT2D eigenvalue weighted by molar-refractivity contribution is -0.131. The first-order valence-electron chi connectivity index (χ1n) is 11.7. The number of carboxylic acid groups (broad SMARTS) is 1. The van der Waals surface area contributed by atoms with Gasteiger partial charge in [-0.15, -0.1) is 0 Å². The number of aliphatic hydroxyl groups is 4. The average molecular weight is 551 g/mol. The second kappa shape index (κ2) is 19.2. The third-order valence-corrected chi connectivity index (χ3v) is 4.96. The molecule has 0 aromatic heterocycles. The molecule has 0 amide bonds. The van der Waals surface area contributed by atoms with Gasteiger partial charge in [0.1, 0.15) is 25.4 Å². The fourth-order valence-electron chi connectivity index (χ4n) is 2.76. The van der Waals surface area contributed by atoms with Gasteiger partial charge in [0.15, 0.2) is 11.6 Å². The van der Waals surface area contributed by atoms with E-state index >= 15 is 0 Å². The Kier molecular flexibility index (Phi) is 17.2. The monoisotopic (exact) mass is 550 g/mol. The Morgan fingerprint density at radius 2 is 1.00 bits per heavy atom. The number of aliphatic carboxylic acids is 1. The number of benzene rings is 1. The van der Waals surface area contributed by atoms with Crippen LogP contribution in [0.3, 0.4) is 0 Å². The topological polar surface area (TPSA) is 205 Å². The van der Waals surface area contributed by atoms with Crippen molar-refractivity contribution >= 4 is 29.5 Å². The lowest BCUT2D eigenvalue weighted by atomic mass is 10.1. The van der Waals surface area contributed by atoms with Gasteiger partial charge in [-0.05, 0) is 50.0 Å². The van der Waals surface area contributed by atoms with Crippen LogP contribution < -0.4 is 0 Å². The van der Waals surface area contributed by atoms with Crippen LogP contribution in [0.15, 0.2) is 62.2 Å². The molecule has 0 fully saturated rings. The van der Waals surface area contributed by atoms with Gasteiger partial charge in [-0.25, -0.2) is 14.4 Å². The van der Waals surface area contributed by atoms with Crippen LogP contribution >= 0.6 is 0 Å². The molecule has 0 heterocycles. The van der Waals surface area contributed by atoms with Crippen molar-refractivity contribution in [1.82, 2.24) is 0 Å². The molecule has 4 atom stereocenters. The maximum absolute atomic E-state index is 12.4. The minimum Gasteiger partial charge on any atom is -0.478 e. The summed E-state index contributed by atoms with van der Waals surface area (Å²) >= 11 is 0. The number of aliphatic hydroxyl groups excluding tert-OH is 4. The largest absolute Gasteiger partial charge is 0.478 e. The lowest BCUT2D eigenvalue weighted by Gasteiger charge is -2.15. The SMILES string of the molecule is C=CC(=O)C(O)CCC(O)COC(=O)c1ccccc1C(=O)OCC(O)CCC(O)C(=O)C=C.C=CC(=O)O. The number of esters is 2. The zero-order chi connectivity index (χ0) is 30.0. The molecule has 0 aliphatic heterocycles. The summed E-state index contributed by atoms with van der Waals surface area (Å²) in [5.41, 5.74) is -0.244. The first-order valence-corrected chi connectivity index (χ1v) is 11.7. The molecule has 12 nitrogen and oxygen atoms in total. The van der Waals surface area contributed by atoms with Crippen LogP contribution in [0, 0.1) is 0 Å². The van der Waals surface area contributed by atoms with E-state index in [-0.39, 0.29) is 36.8 Å². The molecule has 12 heteroatoms. The molecule has 0 saturated heterocycles. The highest BCUT2D eigenvalue weighted by Gasteiger charge is 2.22. The normalized spacial score (nSPS) is 13.2. The molecule has 5 N–H and O–H groups in total. The van der Waals surface area contributed by atoms with Gasteiger partial charge in [0.25, 0.3) is 0 Å². The van der Waals surface area contributed by atoms with Gasteiger partial charge < -0.3 is 35.0 Å². The van der Waals surface area contributed by atoms with Crippen molar-refractivity contribution in [3.63, 3.8) is 0 Å². The van der Waals surface area contributed by atoms with Crippen LogP contribution in [0.1, 0.15) is 46.4 Å². The first kappa shape index (κ1) is 35.0. The number of hydrogen-bond donors (Lipinski definition) is 5. The predicted octanol–water partition coefficient (Wildman–Crippen LogP) is 0.771. The number of carboxylic acids is 1. The quantitative estimate of drug-likeness (QED) is 0.135. The molecule has 1 rings (SSSR count). The Bertz CT molecular complexity index is 945. The fourth-order valence-corrected chi connectivity index (χ4v) is 2.76. The van der Waals surface area contributed by atoms with E-state index < -0.39 is 67.1 Å². The highest BCUT2D eigenvalue weighted by atomic mass is 16.5. The lowest BCUT2D eigenvalue weighted by Crippen LogP contribution is -2.25. The van der Waals surface area contributed by atoms with E-state index in [9.17, 15) is 44.4 Å². The summed E-state index contributed by atoms with van der Waals surface area (Å²) in [4.78, 5) is 56.6. The summed E-state index contributed by atoms with van der Waals surface area (Å²) in [7, 11) is 0. The number of carbonyl (C=O) groups is 5. The summed E-state index contributed by atoms with van der Waals surface area (Å²) in [5, 5.41) is 46.6. The number of carbonyl (C=O) groups excluding carboxylic acids is 4. The van der Waals surface area contributed by atoms with Crippen molar-refractivity contribution in [2.45, 2.75) is 50.1 Å². The Labute approximate surface area is 225 Å². The summed E-state index contributed by atoms with van der Waals surface area (Å²) in [6.45, 7) is 8.61. The number of ether oxygens (including phenoxy) is 2. The van der Waals surface area contributed by atoms with Crippen molar-refractivity contribution in [2.75, 3.05) is 13.2 Å². The van der Waals surface area contributed by atoms with Crippen LogP contribution in [-0.2, 0) is 23.9 Å². The Morgan fingerprint density at radius 3 is 1.28 bits per heavy atom. The van der Waals surface area contributed by atoms with Gasteiger partial charge >= 0.3 is 17.9 Å². The van der Waals surface area contributed by atoms with E-state index in [2.05, 4.69) is 19.7 Å². The van der Waals surface area contributed by atoms with E-state index in [0.717, 1.165) is 18.2 Å². The van der Waals surface area contributed by atoms with Crippen molar-refractivity contribution in [3.05, 3.63) is 73.4 Å². The fraction of sp³-hybridized carbons (Fsp3) is 0.370. The standard InChI is InChI=1S/C24H30O10.C3H4O2/c1-3-19(27)21(29)11-9-15(25)13-33-23(31)17-7-5-6-8-18(17)24(32)34-14-16(26)10-12-22(30)20(28)4-2;1-2-3(4)5/h3-8,15-16,21-22,25-26,29-30H,1-2,9-14H2;2H,1H2,(H,4,5). The second-order valence-corrected chi connectivity index (χ2v) is 7.99. The molecule has 0 saturated carbocycles. The predicted molar refractivity (Wildman–Crippen MR) is 138 cm³/mol. The van der Waals surface area contributed by atoms with Crippen molar-refractivity contribution in [3.8, 4) is 0 Å². The highest BCUT2D eigenvalue weighted by Crippen LogP contribution is 2.14. The smallest absolute Gasteiger partial charge is 0.339 e. The minimum atomic E-state index is -1.31. The molecule has 0 radical (unpaired) electrons. The third kappa shape index (κ3) is 14.5. The van der Waals surface area contributed by atoms with Gasteiger partial charge in [0, 0.05) is 6.08 Å². The van der Waals surface area contributed by atoms with E-state index in [0.29, 0.717) is 0 Å². The molecule has 4 unspecified atom stereocenters. The molecule has 0 spiro atoms. The summed E-state index contributed by atoms with van der Waals surface area (Å²) in [5.74, 6) is -3.95. The Balaban J connectivity index is 0.00000263. The van der Waals surface area contributed by atoms with Crippen LogP contribution in [0.5, 0.6) is 0 Å². The summed E-state index contributed by atoms with van der Waals surface area (Å²) in [6.07, 6.45) is -2.24. The molecule has 0 aliphatic rings. The molecule has 39 heavy (non-hydrogen) atoms. The molecule has 0 aliphatic carbocycles. The first-order chi connectivity index (χ1) is 18.4. The van der Waals surface area contributed by atoms with E-state index in [4.69, 9.17) is 14.6 Å². The van der Waals surface area contributed by atoms with Crippen LogP contribution in [0.25, 0.3) is 0 Å². The van der Waals surface area contributed by atoms with Crippen LogP contribution in [0.4, 0.5) is 0 Å². The Morgan fingerprint density at radius 1 is 0.667 bits per heavy atom. The van der Waals surface area contributed by atoms with Crippen molar-refractivity contribution in [2.24, 2.45) is 0 Å². The molecular formula is C27H34O12. The Hall–Kier alpha value is -3.97. The zero-order valence-electron chi connectivity index (χ0n) is 21.3. The van der Waals surface area contributed by atoms with Gasteiger partial charge in [-0.1, -0.05) is 31.9 Å². The highest BCUT2D eigenvalue weighted by molar-refractivity contribution is 6.03. The van der Waals surface area contributed by atoms with Crippen LogP contribution in [-0.4, -0.2) is 92.6 Å². The van der Waals surface area contributed by atoms with Crippen molar-refractivity contribution < 1.29 is 59.0 Å². The molecule has 0 bridgehead atoms.